The fourth-order valence-electron chi connectivity index (χ4n) is 2.78. The first-order chi connectivity index (χ1) is 12.1. The molecule has 3 N–H and O–H groups in total. The normalized spacial score (nSPS) is 10.9. The first-order valence-electron chi connectivity index (χ1n) is 7.74. The number of hydrogen-bond donors (Lipinski definition) is 2. The summed E-state index contributed by atoms with van der Waals surface area (Å²) in [6, 6.07) is 19.8. The third-order valence-electron chi connectivity index (χ3n) is 4.05. The number of nitrogens with one attached hydrogen (secondary N) is 1. The van der Waals surface area contributed by atoms with Crippen LogP contribution in [-0.4, -0.2) is 5.91 Å². The summed E-state index contributed by atoms with van der Waals surface area (Å²) in [7, 11) is 0. The molecule has 0 spiro atoms. The van der Waals surface area contributed by atoms with E-state index in [9.17, 15) is 9.59 Å². The van der Waals surface area contributed by atoms with Gasteiger partial charge in [-0.2, -0.15) is 0 Å². The van der Waals surface area contributed by atoms with Gasteiger partial charge >= 0.3 is 5.63 Å². The van der Waals surface area contributed by atoms with Crippen LogP contribution in [0.15, 0.2) is 75.9 Å². The molecule has 0 radical (unpaired) electrons. The minimum Gasteiger partial charge on any atom is -0.422 e. The number of fused-ring (bicyclic) bond motifs is 2. The highest BCUT2D eigenvalue weighted by atomic mass is 16.4. The second-order valence-electron chi connectivity index (χ2n) is 5.73. The predicted molar refractivity (Wildman–Crippen MR) is 98.8 cm³/mol. The Kier molecular flexibility index (Phi) is 3.47. The van der Waals surface area contributed by atoms with Crippen molar-refractivity contribution in [1.82, 2.24) is 0 Å². The number of para-hydroxylation sites is 1. The highest BCUT2D eigenvalue weighted by molar-refractivity contribution is 6.08. The number of anilines is 2. The van der Waals surface area contributed by atoms with Crippen LogP contribution in [0.2, 0.25) is 0 Å². The molecule has 5 nitrogen and oxygen atoms in total. The molecule has 0 fully saturated rings. The zero-order chi connectivity index (χ0) is 17.4. The molecule has 1 aromatic heterocycles. The lowest BCUT2D eigenvalue weighted by Crippen LogP contribution is -2.21. The first-order valence-corrected chi connectivity index (χ1v) is 7.74. The van der Waals surface area contributed by atoms with Crippen LogP contribution in [0.4, 0.5) is 11.4 Å². The zero-order valence-electron chi connectivity index (χ0n) is 13.2. The summed E-state index contributed by atoms with van der Waals surface area (Å²) < 4.78 is 5.20. The summed E-state index contributed by atoms with van der Waals surface area (Å²) in [5.41, 5.74) is 6.60. The van der Waals surface area contributed by atoms with Gasteiger partial charge in [-0.25, -0.2) is 4.79 Å². The molecule has 0 aliphatic rings. The average Bonchev–Trinajstić information content (AvgIpc) is 2.61. The highest BCUT2D eigenvalue weighted by Crippen LogP contribution is 2.26. The molecule has 1 heterocycles. The van der Waals surface area contributed by atoms with Gasteiger partial charge in [0.1, 0.15) is 11.1 Å². The molecule has 4 rings (SSSR count). The molecule has 5 heteroatoms. The van der Waals surface area contributed by atoms with Crippen LogP contribution in [0.5, 0.6) is 0 Å². The van der Waals surface area contributed by atoms with Crippen LogP contribution in [0.3, 0.4) is 0 Å². The minimum absolute atomic E-state index is 0.0636. The third kappa shape index (κ3) is 2.72. The molecule has 122 valence electrons. The van der Waals surface area contributed by atoms with Crippen LogP contribution >= 0.6 is 0 Å². The van der Waals surface area contributed by atoms with Crippen LogP contribution in [-0.2, 0) is 0 Å². The van der Waals surface area contributed by atoms with Gasteiger partial charge in [0.15, 0.2) is 0 Å². The molecule has 0 aliphatic heterocycles. The van der Waals surface area contributed by atoms with E-state index in [0.29, 0.717) is 22.3 Å². The van der Waals surface area contributed by atoms with Gasteiger partial charge in [-0.05, 0) is 35.0 Å². The largest absolute Gasteiger partial charge is 0.422 e. The number of hydrogen-bond acceptors (Lipinski definition) is 4. The molecule has 25 heavy (non-hydrogen) atoms. The highest BCUT2D eigenvalue weighted by Gasteiger charge is 2.15. The Morgan fingerprint density at radius 1 is 0.880 bits per heavy atom. The lowest BCUT2D eigenvalue weighted by atomic mass is 10.1. The van der Waals surface area contributed by atoms with Crippen LogP contribution in [0, 0.1) is 0 Å². The Morgan fingerprint density at radius 3 is 2.28 bits per heavy atom. The minimum atomic E-state index is -0.685. The van der Waals surface area contributed by atoms with Crippen molar-refractivity contribution in [1.29, 1.82) is 0 Å². The van der Waals surface area contributed by atoms with Gasteiger partial charge in [0.2, 0.25) is 0 Å². The van der Waals surface area contributed by atoms with E-state index in [1.165, 1.54) is 6.07 Å². The van der Waals surface area contributed by atoms with Crippen LogP contribution < -0.4 is 16.7 Å². The molecule has 0 aliphatic carbocycles. The van der Waals surface area contributed by atoms with E-state index in [1.54, 1.807) is 30.3 Å². The van der Waals surface area contributed by atoms with E-state index in [1.807, 2.05) is 30.3 Å². The van der Waals surface area contributed by atoms with E-state index in [4.69, 9.17) is 10.2 Å². The van der Waals surface area contributed by atoms with E-state index >= 15 is 0 Å². The fraction of sp³-hybridized carbons (Fsp3) is 0. The Balaban J connectivity index is 1.74. The molecule has 0 unspecified atom stereocenters. The summed E-state index contributed by atoms with van der Waals surface area (Å²) in [5.74, 6) is -0.554. The van der Waals surface area contributed by atoms with E-state index in [-0.39, 0.29) is 5.56 Å². The maximum absolute atomic E-state index is 12.5. The molecule has 0 saturated heterocycles. The summed E-state index contributed by atoms with van der Waals surface area (Å²) in [5, 5.41) is 5.30. The first kappa shape index (κ1) is 15.0. The number of nitrogens with two attached hydrogens (primary N) is 1. The van der Waals surface area contributed by atoms with Crippen molar-refractivity contribution in [3.8, 4) is 0 Å². The molecule has 0 atom stereocenters. The Labute approximate surface area is 142 Å². The number of amides is 1. The summed E-state index contributed by atoms with van der Waals surface area (Å²) >= 11 is 0. The van der Waals surface area contributed by atoms with E-state index in [2.05, 4.69) is 5.32 Å². The predicted octanol–water partition coefficient (Wildman–Crippen LogP) is 3.78. The van der Waals surface area contributed by atoms with E-state index < -0.39 is 11.5 Å². The van der Waals surface area contributed by atoms with Crippen molar-refractivity contribution in [2.45, 2.75) is 0 Å². The number of rotatable bonds is 2. The maximum Gasteiger partial charge on any atom is 0.349 e. The fourth-order valence-corrected chi connectivity index (χ4v) is 2.78. The van der Waals surface area contributed by atoms with Gasteiger partial charge in [-0.1, -0.05) is 42.5 Å². The topological polar surface area (TPSA) is 85.3 Å². The molecular weight excluding hydrogens is 316 g/mol. The van der Waals surface area contributed by atoms with Gasteiger partial charge in [-0.3, -0.25) is 4.79 Å². The van der Waals surface area contributed by atoms with Crippen molar-refractivity contribution in [3.05, 3.63) is 82.7 Å². The summed E-state index contributed by atoms with van der Waals surface area (Å²) in [6.45, 7) is 0. The van der Waals surface area contributed by atoms with E-state index in [0.717, 1.165) is 10.8 Å². The van der Waals surface area contributed by atoms with Crippen molar-refractivity contribution >= 4 is 39.0 Å². The van der Waals surface area contributed by atoms with Gasteiger partial charge in [0, 0.05) is 5.39 Å². The number of benzene rings is 3. The SMILES string of the molecule is Nc1cc2ccccc2cc1NC(=O)c1cc2ccccc2oc1=O. The summed E-state index contributed by atoms with van der Waals surface area (Å²) in [4.78, 5) is 24.6. The second-order valence-corrected chi connectivity index (χ2v) is 5.73. The van der Waals surface area contributed by atoms with Crippen molar-refractivity contribution in [2.75, 3.05) is 11.1 Å². The monoisotopic (exact) mass is 330 g/mol. The smallest absolute Gasteiger partial charge is 0.349 e. The van der Waals surface area contributed by atoms with Crippen LogP contribution in [0.25, 0.3) is 21.7 Å². The van der Waals surface area contributed by atoms with Gasteiger partial charge in [0.05, 0.1) is 11.4 Å². The molecule has 1 amide bonds. The molecule has 3 aromatic carbocycles. The maximum atomic E-state index is 12.5. The Morgan fingerprint density at radius 2 is 1.52 bits per heavy atom. The number of nitrogen functional groups attached to an aromatic ring is 1. The molecular formula is C20H14N2O3. The second kappa shape index (κ2) is 5.79. The lowest BCUT2D eigenvalue weighted by molar-refractivity contribution is 0.102. The Bertz CT molecular complexity index is 1180. The van der Waals surface area contributed by atoms with Crippen molar-refractivity contribution < 1.29 is 9.21 Å². The molecule has 0 saturated carbocycles. The number of carbonyl (C=O) groups excluding carboxylic acids is 1. The molecule has 0 bridgehead atoms. The zero-order valence-corrected chi connectivity index (χ0v) is 13.2. The van der Waals surface area contributed by atoms with Crippen molar-refractivity contribution in [3.63, 3.8) is 0 Å². The quantitative estimate of drug-likeness (QED) is 0.433. The van der Waals surface area contributed by atoms with Gasteiger partial charge in [0.25, 0.3) is 5.91 Å². The summed E-state index contributed by atoms with van der Waals surface area (Å²) in [6.07, 6.45) is 0. The average molecular weight is 330 g/mol. The van der Waals surface area contributed by atoms with Gasteiger partial charge in [-0.15, -0.1) is 0 Å². The van der Waals surface area contributed by atoms with Crippen LogP contribution in [0.1, 0.15) is 10.4 Å². The third-order valence-corrected chi connectivity index (χ3v) is 4.05. The standard InChI is InChI=1S/C20H14N2O3/c21-16-10-12-5-1-2-6-13(12)11-17(16)22-19(23)15-9-14-7-3-4-8-18(14)25-20(15)24/h1-11H,21H2,(H,22,23). The number of carbonyl (C=O) groups is 1. The Hall–Kier alpha value is -3.60. The van der Waals surface area contributed by atoms with Crippen molar-refractivity contribution in [2.24, 2.45) is 0 Å². The lowest BCUT2D eigenvalue weighted by Gasteiger charge is -2.10. The van der Waals surface area contributed by atoms with Gasteiger partial charge < -0.3 is 15.5 Å². The molecule has 4 aromatic rings.